The maximum atomic E-state index is 11.3. The highest BCUT2D eigenvalue weighted by molar-refractivity contribution is 5.99. The van der Waals surface area contributed by atoms with Gasteiger partial charge in [-0.1, -0.05) is 13.8 Å². The maximum absolute atomic E-state index is 11.3. The third-order valence-electron chi connectivity index (χ3n) is 3.17. The van der Waals surface area contributed by atoms with E-state index in [1.807, 2.05) is 0 Å². The summed E-state index contributed by atoms with van der Waals surface area (Å²) in [5.74, 6) is -2.60. The molecule has 0 aliphatic carbocycles. The second-order valence-corrected chi connectivity index (χ2v) is 4.86. The minimum absolute atomic E-state index is 0.000703. The van der Waals surface area contributed by atoms with Crippen molar-refractivity contribution in [3.05, 3.63) is 11.1 Å². The first-order valence-corrected chi connectivity index (χ1v) is 6.43. The second-order valence-electron chi connectivity index (χ2n) is 4.86. The van der Waals surface area contributed by atoms with Crippen LogP contribution in [-0.2, 0) is 14.3 Å². The van der Waals surface area contributed by atoms with Crippen LogP contribution in [0.15, 0.2) is 11.1 Å². The Morgan fingerprint density at radius 3 is 2.16 bits per heavy atom. The molecule has 6 heteroatoms. The highest BCUT2D eigenvalue weighted by Crippen LogP contribution is 2.19. The first-order valence-electron chi connectivity index (χ1n) is 6.43. The van der Waals surface area contributed by atoms with Crippen LogP contribution in [-0.4, -0.2) is 59.9 Å². The summed E-state index contributed by atoms with van der Waals surface area (Å²) in [6, 6.07) is 0. The quantitative estimate of drug-likeness (QED) is 0.696. The molecule has 0 unspecified atom stereocenters. The molecule has 1 rings (SSSR count). The first-order chi connectivity index (χ1) is 8.93. The molecule has 0 amide bonds. The van der Waals surface area contributed by atoms with Crippen LogP contribution in [0.4, 0.5) is 0 Å². The van der Waals surface area contributed by atoms with Gasteiger partial charge in [-0.3, -0.25) is 4.90 Å². The van der Waals surface area contributed by atoms with Crippen molar-refractivity contribution in [2.75, 3.05) is 32.8 Å². The first kappa shape index (κ1) is 15.7. The molecule has 0 aromatic rings. The predicted molar refractivity (Wildman–Crippen MR) is 69.0 cm³/mol. The van der Waals surface area contributed by atoms with Gasteiger partial charge in [-0.2, -0.15) is 0 Å². The molecule has 0 aromatic heterocycles. The van der Waals surface area contributed by atoms with Gasteiger partial charge in [-0.05, 0) is 12.3 Å². The third kappa shape index (κ3) is 4.65. The average Bonchev–Trinajstić information content (AvgIpc) is 2.34. The minimum atomic E-state index is -1.14. The van der Waals surface area contributed by atoms with Crippen molar-refractivity contribution < 1.29 is 24.5 Å². The molecule has 1 saturated heterocycles. The van der Waals surface area contributed by atoms with E-state index in [0.717, 1.165) is 13.1 Å². The summed E-state index contributed by atoms with van der Waals surface area (Å²) in [6.07, 6.45) is 0.245. The van der Waals surface area contributed by atoms with Crippen molar-refractivity contribution in [3.63, 3.8) is 0 Å². The van der Waals surface area contributed by atoms with Crippen LogP contribution >= 0.6 is 0 Å². The number of nitrogens with zero attached hydrogens (tertiary/aromatic N) is 1. The smallest absolute Gasteiger partial charge is 0.332 e. The largest absolute Gasteiger partial charge is 0.478 e. The molecular weight excluding hydrogens is 250 g/mol. The number of morpholine rings is 1. The Labute approximate surface area is 112 Å². The SMILES string of the molecule is CC(C)/C(C(=O)O)=C(/CCN1CCOCC1)C(=O)O. The lowest BCUT2D eigenvalue weighted by Crippen LogP contribution is -2.37. The number of ether oxygens (including phenoxy) is 1. The fourth-order valence-electron chi connectivity index (χ4n) is 2.18. The molecule has 2 N–H and O–H groups in total. The van der Waals surface area contributed by atoms with E-state index in [4.69, 9.17) is 9.84 Å². The molecule has 0 bridgehead atoms. The zero-order valence-electron chi connectivity index (χ0n) is 11.4. The molecule has 0 saturated carbocycles. The number of hydrogen-bond acceptors (Lipinski definition) is 4. The molecule has 0 radical (unpaired) electrons. The number of hydrogen-bond donors (Lipinski definition) is 2. The summed E-state index contributed by atoms with van der Waals surface area (Å²) in [6.45, 7) is 6.74. The van der Waals surface area contributed by atoms with Gasteiger partial charge in [-0.25, -0.2) is 9.59 Å². The summed E-state index contributed by atoms with van der Waals surface area (Å²) in [5, 5.41) is 18.4. The van der Waals surface area contributed by atoms with E-state index in [1.54, 1.807) is 13.8 Å². The van der Waals surface area contributed by atoms with Gasteiger partial charge in [0.2, 0.25) is 0 Å². The van der Waals surface area contributed by atoms with Crippen LogP contribution in [0.2, 0.25) is 0 Å². The lowest BCUT2D eigenvalue weighted by Gasteiger charge is -2.26. The topological polar surface area (TPSA) is 87.1 Å². The molecule has 0 spiro atoms. The zero-order valence-corrected chi connectivity index (χ0v) is 11.4. The van der Waals surface area contributed by atoms with E-state index in [-0.39, 0.29) is 23.5 Å². The molecule has 1 aliphatic heterocycles. The van der Waals surface area contributed by atoms with Crippen LogP contribution in [0, 0.1) is 5.92 Å². The van der Waals surface area contributed by atoms with Gasteiger partial charge < -0.3 is 14.9 Å². The van der Waals surface area contributed by atoms with E-state index in [0.29, 0.717) is 19.8 Å². The van der Waals surface area contributed by atoms with Crippen LogP contribution < -0.4 is 0 Å². The number of carbonyl (C=O) groups is 2. The summed E-state index contributed by atoms with van der Waals surface area (Å²) in [7, 11) is 0. The van der Waals surface area contributed by atoms with E-state index in [9.17, 15) is 14.7 Å². The Morgan fingerprint density at radius 1 is 1.16 bits per heavy atom. The molecular formula is C13H21NO5. The zero-order chi connectivity index (χ0) is 14.4. The van der Waals surface area contributed by atoms with Crippen LogP contribution in [0.3, 0.4) is 0 Å². The van der Waals surface area contributed by atoms with Crippen molar-refractivity contribution >= 4 is 11.9 Å². The van der Waals surface area contributed by atoms with Crippen LogP contribution in [0.25, 0.3) is 0 Å². The summed E-state index contributed by atoms with van der Waals surface area (Å²) in [5.41, 5.74) is 0.00903. The molecule has 0 atom stereocenters. The summed E-state index contributed by atoms with van der Waals surface area (Å²) in [4.78, 5) is 24.5. The highest BCUT2D eigenvalue weighted by atomic mass is 16.5. The Hall–Kier alpha value is -1.40. The van der Waals surface area contributed by atoms with Gasteiger partial charge >= 0.3 is 11.9 Å². The van der Waals surface area contributed by atoms with Gasteiger partial charge in [0.1, 0.15) is 0 Å². The lowest BCUT2D eigenvalue weighted by atomic mass is 9.95. The number of carboxylic acid groups (broad SMARTS) is 2. The van der Waals surface area contributed by atoms with Crippen LogP contribution in [0.1, 0.15) is 20.3 Å². The lowest BCUT2D eigenvalue weighted by molar-refractivity contribution is -0.136. The fourth-order valence-corrected chi connectivity index (χ4v) is 2.18. The van der Waals surface area contributed by atoms with Crippen molar-refractivity contribution in [1.29, 1.82) is 0 Å². The normalized spacial score (nSPS) is 18.3. The van der Waals surface area contributed by atoms with Crippen molar-refractivity contribution in [2.45, 2.75) is 20.3 Å². The monoisotopic (exact) mass is 271 g/mol. The van der Waals surface area contributed by atoms with E-state index in [2.05, 4.69) is 4.90 Å². The van der Waals surface area contributed by atoms with Gasteiger partial charge in [0.25, 0.3) is 0 Å². The van der Waals surface area contributed by atoms with E-state index >= 15 is 0 Å². The number of aliphatic carboxylic acids is 2. The third-order valence-corrected chi connectivity index (χ3v) is 3.17. The summed E-state index contributed by atoms with van der Waals surface area (Å²) < 4.78 is 5.21. The second kappa shape index (κ2) is 7.25. The minimum Gasteiger partial charge on any atom is -0.478 e. The van der Waals surface area contributed by atoms with Crippen LogP contribution in [0.5, 0.6) is 0 Å². The Balaban J connectivity index is 2.78. The Bertz CT molecular complexity index is 369. The van der Waals surface area contributed by atoms with Gasteiger partial charge in [-0.15, -0.1) is 0 Å². The fraction of sp³-hybridized carbons (Fsp3) is 0.692. The standard InChI is InChI=1S/C13H21NO5/c1-9(2)11(13(17)18)10(12(15)16)3-4-14-5-7-19-8-6-14/h9H,3-8H2,1-2H3,(H,15,16)(H,17,18)/b11-10+. The van der Waals surface area contributed by atoms with Gasteiger partial charge in [0.15, 0.2) is 0 Å². The van der Waals surface area contributed by atoms with Gasteiger partial charge in [0.05, 0.1) is 13.2 Å². The Kier molecular flexibility index (Phi) is 5.98. The number of rotatable bonds is 6. The molecule has 108 valence electrons. The van der Waals surface area contributed by atoms with E-state index in [1.165, 1.54) is 0 Å². The molecule has 6 nitrogen and oxygen atoms in total. The molecule has 19 heavy (non-hydrogen) atoms. The molecule has 1 fully saturated rings. The maximum Gasteiger partial charge on any atom is 0.332 e. The summed E-state index contributed by atoms with van der Waals surface area (Å²) >= 11 is 0. The molecule has 0 aromatic carbocycles. The van der Waals surface area contributed by atoms with Crippen molar-refractivity contribution in [2.24, 2.45) is 5.92 Å². The Morgan fingerprint density at radius 2 is 1.74 bits per heavy atom. The highest BCUT2D eigenvalue weighted by Gasteiger charge is 2.23. The van der Waals surface area contributed by atoms with Crippen molar-refractivity contribution in [3.8, 4) is 0 Å². The van der Waals surface area contributed by atoms with Gasteiger partial charge in [0, 0.05) is 30.8 Å². The molecule has 1 aliphatic rings. The number of carboxylic acids is 2. The average molecular weight is 271 g/mol. The van der Waals surface area contributed by atoms with E-state index < -0.39 is 11.9 Å². The molecule has 1 heterocycles. The predicted octanol–water partition coefficient (Wildman–Crippen LogP) is 0.831. The van der Waals surface area contributed by atoms with Crippen molar-refractivity contribution in [1.82, 2.24) is 4.90 Å².